The van der Waals surface area contributed by atoms with E-state index < -0.39 is 6.10 Å². The Morgan fingerprint density at radius 1 is 1.15 bits per heavy atom. The Bertz CT molecular complexity index is 835. The molecule has 1 atom stereocenters. The fourth-order valence-corrected chi connectivity index (χ4v) is 2.56. The molecule has 3 aromatic rings. The first-order valence-electron chi connectivity index (χ1n) is 6.20. The fraction of sp³-hybridized carbons (Fsp3) is 0.133. The van der Waals surface area contributed by atoms with Crippen LogP contribution < -0.4 is 5.69 Å². The first-order chi connectivity index (χ1) is 9.54. The summed E-state index contributed by atoms with van der Waals surface area (Å²) in [6, 6.07) is 10.7. The number of hydrogen-bond acceptors (Lipinski definition) is 2. The number of imidazole rings is 1. The lowest BCUT2D eigenvalue weighted by molar-refractivity contribution is 0.219. The molecule has 0 radical (unpaired) electrons. The van der Waals surface area contributed by atoms with Crippen LogP contribution in [0.1, 0.15) is 22.8 Å². The molecule has 3 rings (SSSR count). The summed E-state index contributed by atoms with van der Waals surface area (Å²) in [5.41, 5.74) is 3.52. The van der Waals surface area contributed by atoms with Crippen molar-refractivity contribution in [2.45, 2.75) is 13.0 Å². The zero-order chi connectivity index (χ0) is 14.3. The number of aliphatic hydroxyl groups excluding tert-OH is 1. The van der Waals surface area contributed by atoms with Gasteiger partial charge in [-0.05, 0) is 47.9 Å². The molecular weight excluding hydrogens is 276 g/mol. The second-order valence-electron chi connectivity index (χ2n) is 4.79. The summed E-state index contributed by atoms with van der Waals surface area (Å²) >= 11 is 5.95. The molecule has 2 aromatic carbocycles. The van der Waals surface area contributed by atoms with Crippen molar-refractivity contribution in [2.24, 2.45) is 0 Å². The number of H-pyrrole nitrogens is 2. The summed E-state index contributed by atoms with van der Waals surface area (Å²) in [4.78, 5) is 16.7. The molecule has 0 aliphatic heterocycles. The number of aryl methyl sites for hydroxylation is 1. The molecule has 1 unspecified atom stereocenters. The summed E-state index contributed by atoms with van der Waals surface area (Å²) in [5.74, 6) is 0. The van der Waals surface area contributed by atoms with Gasteiger partial charge in [-0.1, -0.05) is 23.7 Å². The highest BCUT2D eigenvalue weighted by atomic mass is 35.5. The Labute approximate surface area is 120 Å². The molecule has 102 valence electrons. The van der Waals surface area contributed by atoms with Crippen LogP contribution in [0.3, 0.4) is 0 Å². The second kappa shape index (κ2) is 4.81. The molecule has 20 heavy (non-hydrogen) atoms. The maximum absolute atomic E-state index is 11.3. The Morgan fingerprint density at radius 3 is 2.55 bits per heavy atom. The van der Waals surface area contributed by atoms with Gasteiger partial charge >= 0.3 is 5.69 Å². The van der Waals surface area contributed by atoms with Crippen LogP contribution in [0.2, 0.25) is 5.02 Å². The maximum Gasteiger partial charge on any atom is 0.323 e. The lowest BCUT2D eigenvalue weighted by Crippen LogP contribution is -2.02. The highest BCUT2D eigenvalue weighted by Gasteiger charge is 2.15. The largest absolute Gasteiger partial charge is 0.384 e. The number of aromatic amines is 2. The first-order valence-corrected chi connectivity index (χ1v) is 6.58. The average Bonchev–Trinajstić information content (AvgIpc) is 2.76. The minimum Gasteiger partial charge on any atom is -0.384 e. The van der Waals surface area contributed by atoms with E-state index in [4.69, 9.17) is 11.6 Å². The van der Waals surface area contributed by atoms with Gasteiger partial charge in [-0.25, -0.2) is 4.79 Å². The quantitative estimate of drug-likeness (QED) is 0.679. The molecule has 0 bridgehead atoms. The van der Waals surface area contributed by atoms with E-state index in [-0.39, 0.29) is 5.69 Å². The highest BCUT2D eigenvalue weighted by molar-refractivity contribution is 6.30. The van der Waals surface area contributed by atoms with E-state index in [9.17, 15) is 9.90 Å². The standard InChI is InChI=1S/C15H13ClN2O2/c1-8-5-12-13(18-15(20)17-12)7-11(8)14(19)9-3-2-4-10(16)6-9/h2-7,14,19H,1H3,(H2,17,18,20). The molecule has 5 heteroatoms. The summed E-state index contributed by atoms with van der Waals surface area (Å²) in [6.07, 6.45) is -0.781. The van der Waals surface area contributed by atoms with E-state index in [1.807, 2.05) is 19.1 Å². The molecule has 1 heterocycles. The smallest absolute Gasteiger partial charge is 0.323 e. The van der Waals surface area contributed by atoms with E-state index in [0.29, 0.717) is 10.5 Å². The maximum atomic E-state index is 11.3. The van der Waals surface area contributed by atoms with E-state index >= 15 is 0 Å². The third-order valence-electron chi connectivity index (χ3n) is 3.36. The summed E-state index contributed by atoms with van der Waals surface area (Å²) in [6.45, 7) is 1.90. The van der Waals surface area contributed by atoms with Gasteiger partial charge in [0.2, 0.25) is 0 Å². The van der Waals surface area contributed by atoms with Gasteiger partial charge in [-0.15, -0.1) is 0 Å². The first kappa shape index (κ1) is 13.0. The molecule has 0 fully saturated rings. The predicted octanol–water partition coefficient (Wildman–Crippen LogP) is 2.90. The molecule has 1 aromatic heterocycles. The van der Waals surface area contributed by atoms with Gasteiger partial charge in [-0.2, -0.15) is 0 Å². The molecule has 3 N–H and O–H groups in total. The highest BCUT2D eigenvalue weighted by Crippen LogP contribution is 2.28. The van der Waals surface area contributed by atoms with Crippen LogP contribution in [0.25, 0.3) is 11.0 Å². The van der Waals surface area contributed by atoms with Crippen molar-refractivity contribution in [1.29, 1.82) is 0 Å². The molecule has 4 nitrogen and oxygen atoms in total. The normalized spacial score (nSPS) is 12.8. The topological polar surface area (TPSA) is 68.9 Å². The SMILES string of the molecule is Cc1cc2[nH]c(=O)[nH]c2cc1C(O)c1cccc(Cl)c1. The minimum atomic E-state index is -0.781. The van der Waals surface area contributed by atoms with Crippen LogP contribution >= 0.6 is 11.6 Å². The van der Waals surface area contributed by atoms with Gasteiger partial charge in [-0.3, -0.25) is 0 Å². The van der Waals surface area contributed by atoms with Crippen LogP contribution in [0.5, 0.6) is 0 Å². The van der Waals surface area contributed by atoms with Crippen molar-refractivity contribution in [3.63, 3.8) is 0 Å². The Balaban J connectivity index is 2.13. The number of halogens is 1. The van der Waals surface area contributed by atoms with E-state index in [1.54, 1.807) is 24.3 Å². The second-order valence-corrected chi connectivity index (χ2v) is 5.23. The zero-order valence-corrected chi connectivity index (χ0v) is 11.5. The Hall–Kier alpha value is -2.04. The van der Waals surface area contributed by atoms with Crippen molar-refractivity contribution in [3.8, 4) is 0 Å². The monoisotopic (exact) mass is 288 g/mol. The number of rotatable bonds is 2. The average molecular weight is 289 g/mol. The van der Waals surface area contributed by atoms with Crippen molar-refractivity contribution in [2.75, 3.05) is 0 Å². The number of nitrogens with one attached hydrogen (secondary N) is 2. The lowest BCUT2D eigenvalue weighted by atomic mass is 9.97. The van der Waals surface area contributed by atoms with Crippen LogP contribution in [0.15, 0.2) is 41.2 Å². The van der Waals surface area contributed by atoms with Crippen molar-refractivity contribution in [3.05, 3.63) is 68.6 Å². The van der Waals surface area contributed by atoms with E-state index in [2.05, 4.69) is 9.97 Å². The molecule has 0 spiro atoms. The number of aromatic nitrogens is 2. The van der Waals surface area contributed by atoms with Gasteiger partial charge in [0.25, 0.3) is 0 Å². The number of fused-ring (bicyclic) bond motifs is 1. The molecule has 0 saturated carbocycles. The van der Waals surface area contributed by atoms with Crippen LogP contribution in [0.4, 0.5) is 0 Å². The predicted molar refractivity (Wildman–Crippen MR) is 79.2 cm³/mol. The van der Waals surface area contributed by atoms with Gasteiger partial charge < -0.3 is 15.1 Å². The van der Waals surface area contributed by atoms with Crippen molar-refractivity contribution in [1.82, 2.24) is 9.97 Å². The van der Waals surface area contributed by atoms with E-state index in [1.165, 1.54) is 0 Å². The fourth-order valence-electron chi connectivity index (χ4n) is 2.36. The van der Waals surface area contributed by atoms with Crippen LogP contribution in [-0.4, -0.2) is 15.1 Å². The Morgan fingerprint density at radius 2 is 1.85 bits per heavy atom. The Kier molecular flexibility index (Phi) is 3.12. The third kappa shape index (κ3) is 2.24. The molecule has 0 amide bonds. The van der Waals surface area contributed by atoms with Crippen molar-refractivity contribution >= 4 is 22.6 Å². The minimum absolute atomic E-state index is 0.256. The van der Waals surface area contributed by atoms with Gasteiger partial charge in [0.05, 0.1) is 11.0 Å². The van der Waals surface area contributed by atoms with Crippen LogP contribution in [0, 0.1) is 6.92 Å². The lowest BCUT2D eigenvalue weighted by Gasteiger charge is -2.14. The van der Waals surface area contributed by atoms with Gasteiger partial charge in [0.1, 0.15) is 6.10 Å². The summed E-state index contributed by atoms with van der Waals surface area (Å²) < 4.78 is 0. The molecule has 0 saturated heterocycles. The molecule has 0 aliphatic carbocycles. The number of hydrogen-bond donors (Lipinski definition) is 3. The summed E-state index contributed by atoms with van der Waals surface area (Å²) in [5, 5.41) is 11.1. The van der Waals surface area contributed by atoms with Gasteiger partial charge in [0.15, 0.2) is 0 Å². The number of benzene rings is 2. The third-order valence-corrected chi connectivity index (χ3v) is 3.60. The number of aliphatic hydroxyl groups is 1. The molecular formula is C15H13ClN2O2. The van der Waals surface area contributed by atoms with Crippen molar-refractivity contribution < 1.29 is 5.11 Å². The summed E-state index contributed by atoms with van der Waals surface area (Å²) in [7, 11) is 0. The van der Waals surface area contributed by atoms with Crippen LogP contribution in [-0.2, 0) is 0 Å². The zero-order valence-electron chi connectivity index (χ0n) is 10.8. The van der Waals surface area contributed by atoms with Gasteiger partial charge in [0, 0.05) is 5.02 Å². The van der Waals surface area contributed by atoms with E-state index in [0.717, 1.165) is 22.2 Å². The molecule has 0 aliphatic rings.